The van der Waals surface area contributed by atoms with E-state index in [2.05, 4.69) is 10.6 Å². The number of carboxylic acids is 1. The van der Waals surface area contributed by atoms with E-state index in [1.54, 1.807) is 17.0 Å². The fraction of sp³-hybridized carbons (Fsp3) is 0.400. The van der Waals surface area contributed by atoms with Gasteiger partial charge in [-0.05, 0) is 31.2 Å². The minimum absolute atomic E-state index is 0. The molecule has 0 spiro atoms. The van der Waals surface area contributed by atoms with E-state index < -0.39 is 18.4 Å². The maximum Gasteiger partial charge on any atom is 0.322 e. The Morgan fingerprint density at radius 3 is 2.36 bits per heavy atom. The molecule has 1 aromatic carbocycles. The zero-order valence-electron chi connectivity index (χ0n) is 13.6. The second-order valence-electron chi connectivity index (χ2n) is 5.05. The van der Waals surface area contributed by atoms with Gasteiger partial charge in [-0.2, -0.15) is 0 Å². The van der Waals surface area contributed by atoms with Crippen molar-refractivity contribution in [2.75, 3.05) is 31.5 Å². The highest BCUT2D eigenvalue weighted by molar-refractivity contribution is 6.36. The molecule has 1 rings (SSSR count). The highest BCUT2D eigenvalue weighted by Crippen LogP contribution is 2.25. The molecule has 3 N–H and O–H groups in total. The summed E-state index contributed by atoms with van der Waals surface area (Å²) in [5.41, 5.74) is 0.429. The van der Waals surface area contributed by atoms with Crippen LogP contribution in [0, 0.1) is 0 Å². The zero-order chi connectivity index (χ0) is 18.1. The Labute approximate surface area is 162 Å². The highest BCUT2D eigenvalue weighted by atomic mass is 35.5. The van der Waals surface area contributed by atoms with Gasteiger partial charge in [0.05, 0.1) is 23.8 Å². The minimum atomic E-state index is -1.12. The minimum Gasteiger partial charge on any atom is -0.480 e. The number of hydrogen-bond acceptors (Lipinski definition) is 4. The van der Waals surface area contributed by atoms with Crippen LogP contribution in [-0.2, 0) is 14.4 Å². The molecule has 140 valence electrons. The number of aliphatic carboxylic acids is 1. The van der Waals surface area contributed by atoms with Crippen LogP contribution < -0.4 is 10.6 Å². The fourth-order valence-electron chi connectivity index (χ4n) is 1.95. The lowest BCUT2D eigenvalue weighted by Crippen LogP contribution is -2.42. The molecule has 0 unspecified atom stereocenters. The first kappa shape index (κ1) is 23.5. The lowest BCUT2D eigenvalue weighted by atomic mass is 10.3. The molecule has 0 radical (unpaired) electrons. The number of rotatable bonds is 9. The Morgan fingerprint density at radius 2 is 1.80 bits per heavy atom. The van der Waals surface area contributed by atoms with Crippen LogP contribution in [0.1, 0.15) is 13.3 Å². The van der Waals surface area contributed by atoms with E-state index in [0.29, 0.717) is 22.3 Å². The van der Waals surface area contributed by atoms with Crippen LogP contribution in [0.3, 0.4) is 0 Å². The Hall–Kier alpha value is -1.54. The topological polar surface area (TPSA) is 98.7 Å². The van der Waals surface area contributed by atoms with Crippen molar-refractivity contribution in [3.8, 4) is 0 Å². The van der Waals surface area contributed by atoms with Crippen LogP contribution >= 0.6 is 35.6 Å². The summed E-state index contributed by atoms with van der Waals surface area (Å²) in [5.74, 6) is -1.91. The predicted octanol–water partition coefficient (Wildman–Crippen LogP) is 2.27. The number of carboxylic acid groups (broad SMARTS) is 1. The van der Waals surface area contributed by atoms with Gasteiger partial charge in [0.25, 0.3) is 0 Å². The average molecular weight is 413 g/mol. The third kappa shape index (κ3) is 9.50. The average Bonchev–Trinajstić information content (AvgIpc) is 2.48. The van der Waals surface area contributed by atoms with Crippen LogP contribution in [0.15, 0.2) is 18.2 Å². The summed E-state index contributed by atoms with van der Waals surface area (Å²) in [5, 5.41) is 14.2. The number of amides is 2. The number of carbonyl (C=O) groups is 3. The van der Waals surface area contributed by atoms with Crippen molar-refractivity contribution >= 4 is 59.1 Å². The van der Waals surface area contributed by atoms with Crippen molar-refractivity contribution in [3.05, 3.63) is 28.2 Å². The summed E-state index contributed by atoms with van der Waals surface area (Å²) in [7, 11) is 0. The van der Waals surface area contributed by atoms with E-state index in [-0.39, 0.29) is 31.4 Å². The molecule has 7 nitrogen and oxygen atoms in total. The standard InChI is InChI=1S/C15H19Cl2N3O4.ClH/c1-2-5-20(8-13(21)18-7-15(23)24)9-14(22)19-12-4-3-10(16)6-11(12)17;/h3-4,6H,2,5,7-9H2,1H3,(H,18,21)(H,19,22)(H,23,24);1H. The molecule has 10 heteroatoms. The van der Waals surface area contributed by atoms with Crippen LogP contribution in [0.5, 0.6) is 0 Å². The van der Waals surface area contributed by atoms with Crippen molar-refractivity contribution in [1.82, 2.24) is 10.2 Å². The second kappa shape index (κ2) is 11.9. The van der Waals surface area contributed by atoms with E-state index in [1.807, 2.05) is 6.92 Å². The third-order valence-corrected chi connectivity index (χ3v) is 3.46. The van der Waals surface area contributed by atoms with Crippen molar-refractivity contribution in [1.29, 1.82) is 0 Å². The van der Waals surface area contributed by atoms with Gasteiger partial charge in [0.2, 0.25) is 11.8 Å². The van der Waals surface area contributed by atoms with Gasteiger partial charge in [-0.1, -0.05) is 30.1 Å². The molecule has 0 bridgehead atoms. The number of nitrogens with zero attached hydrogens (tertiary/aromatic N) is 1. The Kier molecular flexibility index (Phi) is 11.2. The van der Waals surface area contributed by atoms with Gasteiger partial charge >= 0.3 is 5.97 Å². The summed E-state index contributed by atoms with van der Waals surface area (Å²) in [6.45, 7) is 1.89. The molecule has 0 aromatic heterocycles. The summed E-state index contributed by atoms with van der Waals surface area (Å²) in [6, 6.07) is 4.71. The molecular weight excluding hydrogens is 393 g/mol. The molecular formula is C15H20Cl3N3O4. The van der Waals surface area contributed by atoms with Crippen LogP contribution in [0.25, 0.3) is 0 Å². The predicted molar refractivity (Wildman–Crippen MR) is 99.7 cm³/mol. The van der Waals surface area contributed by atoms with Gasteiger partial charge in [0.1, 0.15) is 6.54 Å². The third-order valence-electron chi connectivity index (χ3n) is 2.92. The van der Waals surface area contributed by atoms with Gasteiger partial charge in [-0.25, -0.2) is 0 Å². The van der Waals surface area contributed by atoms with E-state index >= 15 is 0 Å². The van der Waals surface area contributed by atoms with Crippen molar-refractivity contribution in [2.45, 2.75) is 13.3 Å². The molecule has 25 heavy (non-hydrogen) atoms. The van der Waals surface area contributed by atoms with Crippen molar-refractivity contribution in [2.24, 2.45) is 0 Å². The Bertz CT molecular complexity index is 614. The van der Waals surface area contributed by atoms with E-state index in [4.69, 9.17) is 28.3 Å². The quantitative estimate of drug-likeness (QED) is 0.578. The first-order valence-corrected chi connectivity index (χ1v) is 8.03. The summed E-state index contributed by atoms with van der Waals surface area (Å²) in [4.78, 5) is 35.9. The Morgan fingerprint density at radius 1 is 1.16 bits per heavy atom. The summed E-state index contributed by atoms with van der Waals surface area (Å²) in [6.07, 6.45) is 0.737. The molecule has 1 aromatic rings. The van der Waals surface area contributed by atoms with Gasteiger partial charge in [-0.3, -0.25) is 19.3 Å². The molecule has 0 saturated carbocycles. The van der Waals surface area contributed by atoms with Crippen LogP contribution in [-0.4, -0.2) is 54.0 Å². The largest absolute Gasteiger partial charge is 0.480 e. The molecule has 0 atom stereocenters. The first-order valence-electron chi connectivity index (χ1n) is 7.27. The normalized spacial score (nSPS) is 10.1. The molecule has 0 aliphatic carbocycles. The second-order valence-corrected chi connectivity index (χ2v) is 5.90. The molecule has 0 aliphatic heterocycles. The molecule has 0 aliphatic rings. The number of halogens is 3. The van der Waals surface area contributed by atoms with Gasteiger partial charge in [-0.15, -0.1) is 12.4 Å². The van der Waals surface area contributed by atoms with Gasteiger partial charge in [0.15, 0.2) is 0 Å². The number of nitrogens with one attached hydrogen (secondary N) is 2. The highest BCUT2D eigenvalue weighted by Gasteiger charge is 2.15. The SMILES string of the molecule is CCCN(CC(=O)NCC(=O)O)CC(=O)Nc1ccc(Cl)cc1Cl.Cl. The van der Waals surface area contributed by atoms with E-state index in [9.17, 15) is 14.4 Å². The maximum atomic E-state index is 12.1. The lowest BCUT2D eigenvalue weighted by molar-refractivity contribution is -0.138. The van der Waals surface area contributed by atoms with Crippen molar-refractivity contribution in [3.63, 3.8) is 0 Å². The lowest BCUT2D eigenvalue weighted by Gasteiger charge is -2.20. The summed E-state index contributed by atoms with van der Waals surface area (Å²) >= 11 is 11.8. The maximum absolute atomic E-state index is 12.1. The van der Waals surface area contributed by atoms with Gasteiger partial charge < -0.3 is 15.7 Å². The zero-order valence-corrected chi connectivity index (χ0v) is 15.9. The van der Waals surface area contributed by atoms with Gasteiger partial charge in [0, 0.05) is 5.02 Å². The Balaban J connectivity index is 0.00000576. The summed E-state index contributed by atoms with van der Waals surface area (Å²) < 4.78 is 0. The molecule has 0 fully saturated rings. The number of carbonyl (C=O) groups excluding carboxylic acids is 2. The molecule has 0 saturated heterocycles. The number of hydrogen-bond donors (Lipinski definition) is 3. The first-order chi connectivity index (χ1) is 11.3. The number of anilines is 1. The monoisotopic (exact) mass is 411 g/mol. The van der Waals surface area contributed by atoms with E-state index in [0.717, 1.165) is 6.42 Å². The fourth-order valence-corrected chi connectivity index (χ4v) is 2.40. The molecule has 0 heterocycles. The van der Waals surface area contributed by atoms with Crippen LogP contribution in [0.2, 0.25) is 10.0 Å². The molecule has 2 amide bonds. The van der Waals surface area contributed by atoms with E-state index in [1.165, 1.54) is 6.07 Å². The van der Waals surface area contributed by atoms with Crippen LogP contribution in [0.4, 0.5) is 5.69 Å². The smallest absolute Gasteiger partial charge is 0.322 e. The number of benzene rings is 1. The van der Waals surface area contributed by atoms with Crippen molar-refractivity contribution < 1.29 is 19.5 Å².